The molecule has 0 bridgehead atoms. The smallest absolute Gasteiger partial charge is 0.229 e. The van der Waals surface area contributed by atoms with Gasteiger partial charge in [-0.2, -0.15) is 0 Å². The van der Waals surface area contributed by atoms with E-state index in [1.165, 1.54) is 10.8 Å². The molecule has 0 N–H and O–H groups in total. The van der Waals surface area contributed by atoms with Crippen LogP contribution in [-0.4, -0.2) is 10.4 Å². The molecule has 0 amide bonds. The Morgan fingerprint density at radius 1 is 1.36 bits per heavy atom. The molecule has 14 heavy (non-hydrogen) atoms. The second-order valence-corrected chi connectivity index (χ2v) is 5.66. The van der Waals surface area contributed by atoms with E-state index in [2.05, 4.69) is 13.8 Å². The predicted molar refractivity (Wildman–Crippen MR) is 65.7 cm³/mol. The number of hydrogen-bond donors (Lipinski definition) is 0. The molecule has 1 unspecified atom stereocenters. The van der Waals surface area contributed by atoms with Crippen LogP contribution >= 0.6 is 21.6 Å². The minimum absolute atomic E-state index is 0.149. The van der Waals surface area contributed by atoms with Crippen molar-refractivity contribution in [3.63, 3.8) is 0 Å². The van der Waals surface area contributed by atoms with Crippen molar-refractivity contribution in [3.05, 3.63) is 35.9 Å². The third kappa shape index (κ3) is 3.76. The molecular formula is C11H14OS2. The molecule has 0 fully saturated rings. The highest BCUT2D eigenvalue weighted by Gasteiger charge is 2.08. The van der Waals surface area contributed by atoms with Gasteiger partial charge in [-0.1, -0.05) is 55.0 Å². The summed E-state index contributed by atoms with van der Waals surface area (Å²) in [5, 5.41) is 0.684. The topological polar surface area (TPSA) is 17.1 Å². The highest BCUT2D eigenvalue weighted by molar-refractivity contribution is 8.82. The Morgan fingerprint density at radius 2 is 2.00 bits per heavy atom. The van der Waals surface area contributed by atoms with Gasteiger partial charge in [0.1, 0.15) is 0 Å². The van der Waals surface area contributed by atoms with Gasteiger partial charge >= 0.3 is 0 Å². The summed E-state index contributed by atoms with van der Waals surface area (Å²) in [4.78, 5) is 11.6. The summed E-state index contributed by atoms with van der Waals surface area (Å²) in [6.45, 7) is 4.27. The van der Waals surface area contributed by atoms with Gasteiger partial charge in [-0.05, 0) is 17.2 Å². The first-order valence-electron chi connectivity index (χ1n) is 4.66. The Kier molecular flexibility index (Phi) is 5.12. The Hall–Kier alpha value is -0.410. The van der Waals surface area contributed by atoms with Gasteiger partial charge < -0.3 is 0 Å². The number of rotatable bonds is 4. The quantitative estimate of drug-likeness (QED) is 0.722. The minimum atomic E-state index is 0.149. The zero-order valence-corrected chi connectivity index (χ0v) is 10.0. The first-order valence-corrected chi connectivity index (χ1v) is 6.88. The molecule has 1 aromatic carbocycles. The molecule has 1 rings (SSSR count). The highest BCUT2D eigenvalue weighted by atomic mass is 33.1. The summed E-state index contributed by atoms with van der Waals surface area (Å²) < 4.78 is 0. The molecule has 0 spiro atoms. The zero-order chi connectivity index (χ0) is 10.4. The maximum absolute atomic E-state index is 11.6. The van der Waals surface area contributed by atoms with E-state index in [0.717, 1.165) is 12.0 Å². The van der Waals surface area contributed by atoms with E-state index in [1.54, 1.807) is 10.8 Å². The molecule has 1 atom stereocenters. The monoisotopic (exact) mass is 226 g/mol. The number of hydrogen-bond acceptors (Lipinski definition) is 3. The van der Waals surface area contributed by atoms with E-state index in [-0.39, 0.29) is 5.12 Å². The Balaban J connectivity index is 2.44. The largest absolute Gasteiger partial charge is 0.281 e. The maximum Gasteiger partial charge on any atom is 0.229 e. The molecule has 0 aliphatic heterocycles. The molecule has 0 aliphatic carbocycles. The van der Waals surface area contributed by atoms with Crippen molar-refractivity contribution >= 4 is 26.7 Å². The first-order chi connectivity index (χ1) is 6.74. The Labute approximate surface area is 93.1 Å². The molecule has 0 aliphatic rings. The average molecular weight is 226 g/mol. The summed E-state index contributed by atoms with van der Waals surface area (Å²) >= 11 is 0. The molecule has 3 heteroatoms. The standard InChI is InChI=1S/C11H14OS2/c1-3-9(2)13-14-11(12)10-7-5-4-6-8-10/h4-9H,3H2,1-2H3. The van der Waals surface area contributed by atoms with Crippen molar-refractivity contribution in [2.24, 2.45) is 0 Å². The lowest BCUT2D eigenvalue weighted by molar-refractivity contribution is 0.109. The van der Waals surface area contributed by atoms with Crippen LogP contribution in [0.5, 0.6) is 0 Å². The van der Waals surface area contributed by atoms with Crippen molar-refractivity contribution in [2.45, 2.75) is 25.5 Å². The van der Waals surface area contributed by atoms with E-state index in [4.69, 9.17) is 0 Å². The fourth-order valence-electron chi connectivity index (χ4n) is 0.816. The van der Waals surface area contributed by atoms with E-state index in [1.807, 2.05) is 30.3 Å². The van der Waals surface area contributed by atoms with Crippen molar-refractivity contribution in [1.82, 2.24) is 0 Å². The SMILES string of the molecule is CCC(C)SSC(=O)c1ccccc1. The van der Waals surface area contributed by atoms with E-state index < -0.39 is 0 Å². The molecule has 76 valence electrons. The first kappa shape index (κ1) is 11.7. The molecule has 0 heterocycles. The molecular weight excluding hydrogens is 212 g/mol. The lowest BCUT2D eigenvalue weighted by Gasteiger charge is -2.05. The van der Waals surface area contributed by atoms with Gasteiger partial charge in [-0.3, -0.25) is 4.79 Å². The summed E-state index contributed by atoms with van der Waals surface area (Å²) in [5.41, 5.74) is 0.785. The second kappa shape index (κ2) is 6.14. The molecule has 1 aromatic rings. The van der Waals surface area contributed by atoms with Crippen molar-refractivity contribution in [1.29, 1.82) is 0 Å². The fraction of sp³-hybridized carbons (Fsp3) is 0.364. The van der Waals surface area contributed by atoms with Gasteiger partial charge in [-0.25, -0.2) is 0 Å². The zero-order valence-electron chi connectivity index (χ0n) is 8.40. The number of carbonyl (C=O) groups is 1. The minimum Gasteiger partial charge on any atom is -0.281 e. The van der Waals surface area contributed by atoms with Crippen LogP contribution in [0.15, 0.2) is 30.3 Å². The summed E-state index contributed by atoms with van der Waals surface area (Å²) in [7, 11) is 2.99. The highest BCUT2D eigenvalue weighted by Crippen LogP contribution is 2.31. The maximum atomic E-state index is 11.6. The summed E-state index contributed by atoms with van der Waals surface area (Å²) in [6.07, 6.45) is 1.10. The Bertz CT molecular complexity index is 285. The second-order valence-electron chi connectivity index (χ2n) is 3.05. The van der Waals surface area contributed by atoms with Crippen molar-refractivity contribution in [2.75, 3.05) is 0 Å². The van der Waals surface area contributed by atoms with Gasteiger partial charge in [0, 0.05) is 10.8 Å². The van der Waals surface area contributed by atoms with Crippen LogP contribution in [0.1, 0.15) is 30.6 Å². The van der Waals surface area contributed by atoms with Crippen LogP contribution in [0.3, 0.4) is 0 Å². The van der Waals surface area contributed by atoms with Crippen LogP contribution in [-0.2, 0) is 0 Å². The summed E-state index contributed by atoms with van der Waals surface area (Å²) in [6, 6.07) is 9.41. The average Bonchev–Trinajstić information content (AvgIpc) is 2.26. The number of carbonyl (C=O) groups excluding carboxylic acids is 1. The summed E-state index contributed by atoms with van der Waals surface area (Å²) in [5.74, 6) is 0. The molecule has 0 saturated heterocycles. The van der Waals surface area contributed by atoms with E-state index in [0.29, 0.717) is 5.25 Å². The van der Waals surface area contributed by atoms with Gasteiger partial charge in [0.05, 0.1) is 0 Å². The lowest BCUT2D eigenvalue weighted by atomic mass is 10.2. The predicted octanol–water partition coefficient (Wildman–Crippen LogP) is 4.01. The fourth-order valence-corrected chi connectivity index (χ4v) is 2.89. The van der Waals surface area contributed by atoms with Crippen LogP contribution in [0.25, 0.3) is 0 Å². The van der Waals surface area contributed by atoms with Gasteiger partial charge in [0.2, 0.25) is 5.12 Å². The van der Waals surface area contributed by atoms with Crippen LogP contribution < -0.4 is 0 Å². The normalized spacial score (nSPS) is 12.4. The van der Waals surface area contributed by atoms with Gasteiger partial charge in [0.25, 0.3) is 0 Å². The third-order valence-electron chi connectivity index (χ3n) is 1.87. The van der Waals surface area contributed by atoms with Gasteiger partial charge in [-0.15, -0.1) is 0 Å². The lowest BCUT2D eigenvalue weighted by Crippen LogP contribution is -1.94. The van der Waals surface area contributed by atoms with Crippen molar-refractivity contribution < 1.29 is 4.79 Å². The number of benzene rings is 1. The molecule has 0 radical (unpaired) electrons. The Morgan fingerprint density at radius 3 is 2.57 bits per heavy atom. The van der Waals surface area contributed by atoms with Crippen LogP contribution in [0, 0.1) is 0 Å². The van der Waals surface area contributed by atoms with E-state index >= 15 is 0 Å². The molecule has 0 saturated carbocycles. The van der Waals surface area contributed by atoms with Crippen LogP contribution in [0.2, 0.25) is 0 Å². The van der Waals surface area contributed by atoms with Crippen molar-refractivity contribution in [3.8, 4) is 0 Å². The van der Waals surface area contributed by atoms with Gasteiger partial charge in [0.15, 0.2) is 0 Å². The van der Waals surface area contributed by atoms with Crippen LogP contribution in [0.4, 0.5) is 0 Å². The van der Waals surface area contributed by atoms with E-state index in [9.17, 15) is 4.79 Å². The molecule has 0 aromatic heterocycles. The molecule has 1 nitrogen and oxygen atoms in total. The third-order valence-corrected chi connectivity index (χ3v) is 4.75.